The molecule has 2 N–H and O–H groups in total. The molecule has 5 nitrogen and oxygen atoms in total. The van der Waals surface area contributed by atoms with Gasteiger partial charge in [0.2, 0.25) is 12.5 Å². The summed E-state index contributed by atoms with van der Waals surface area (Å²) >= 11 is 3.61. The molecule has 0 amide bonds. The minimum Gasteiger partial charge on any atom is -0.492 e. The first kappa shape index (κ1) is 16.0. The van der Waals surface area contributed by atoms with Crippen LogP contribution in [0.25, 0.3) is 10.9 Å². The van der Waals surface area contributed by atoms with Crippen molar-refractivity contribution in [3.8, 4) is 17.2 Å². The highest BCUT2D eigenvalue weighted by Crippen LogP contribution is 2.48. The Bertz CT molecular complexity index is 1010. The largest absolute Gasteiger partial charge is 0.492 e. The molecule has 134 valence electrons. The van der Waals surface area contributed by atoms with Crippen LogP contribution in [0.3, 0.4) is 0 Å². The van der Waals surface area contributed by atoms with E-state index in [2.05, 4.69) is 58.4 Å². The van der Waals surface area contributed by atoms with Crippen molar-refractivity contribution in [3.05, 3.63) is 51.6 Å². The highest BCUT2D eigenvalue weighted by atomic mass is 79.9. The van der Waals surface area contributed by atoms with Crippen LogP contribution in [0.2, 0.25) is 0 Å². The van der Waals surface area contributed by atoms with Gasteiger partial charge in [0.25, 0.3) is 0 Å². The molecule has 0 radical (unpaired) electrons. The van der Waals surface area contributed by atoms with Crippen molar-refractivity contribution in [2.45, 2.75) is 12.5 Å². The van der Waals surface area contributed by atoms with E-state index in [0.29, 0.717) is 0 Å². The van der Waals surface area contributed by atoms with Crippen molar-refractivity contribution in [2.75, 3.05) is 27.5 Å². The van der Waals surface area contributed by atoms with Gasteiger partial charge in [-0.3, -0.25) is 0 Å². The maximum Gasteiger partial charge on any atom is 0.231 e. The predicted molar refractivity (Wildman–Crippen MR) is 102 cm³/mol. The van der Waals surface area contributed by atoms with Gasteiger partial charge in [-0.15, -0.1) is 0 Å². The van der Waals surface area contributed by atoms with Gasteiger partial charge < -0.3 is 24.1 Å². The van der Waals surface area contributed by atoms with Crippen molar-refractivity contribution in [3.63, 3.8) is 0 Å². The van der Waals surface area contributed by atoms with Gasteiger partial charge in [0.05, 0.1) is 26.3 Å². The minimum atomic E-state index is 0.172. The van der Waals surface area contributed by atoms with Gasteiger partial charge in [-0.1, -0.05) is 15.9 Å². The Hall–Kier alpha value is -2.18. The van der Waals surface area contributed by atoms with Crippen LogP contribution in [0.1, 0.15) is 22.7 Å². The Morgan fingerprint density at radius 2 is 2.15 bits per heavy atom. The molecule has 0 bridgehead atoms. The first-order valence-corrected chi connectivity index (χ1v) is 9.55. The smallest absolute Gasteiger partial charge is 0.231 e. The Kier molecular flexibility index (Phi) is 3.65. The Morgan fingerprint density at radius 3 is 3.00 bits per heavy atom. The van der Waals surface area contributed by atoms with Gasteiger partial charge in [0, 0.05) is 33.6 Å². The number of methoxy groups -OCH3 is 1. The molecular formula is C20H20BrN2O3+. The molecule has 5 rings (SSSR count). The second-order valence-electron chi connectivity index (χ2n) is 6.93. The van der Waals surface area contributed by atoms with Crippen LogP contribution >= 0.6 is 15.9 Å². The summed E-state index contributed by atoms with van der Waals surface area (Å²) in [6.07, 6.45) is 3.13. The maximum atomic E-state index is 5.83. The first-order chi connectivity index (χ1) is 12.7. The Morgan fingerprint density at radius 1 is 1.27 bits per heavy atom. The van der Waals surface area contributed by atoms with E-state index < -0.39 is 0 Å². The summed E-state index contributed by atoms with van der Waals surface area (Å²) in [6, 6.07) is 8.66. The molecule has 3 heterocycles. The molecule has 0 saturated carbocycles. The zero-order valence-electron chi connectivity index (χ0n) is 14.7. The van der Waals surface area contributed by atoms with Crippen LogP contribution in [0.15, 0.2) is 34.9 Å². The van der Waals surface area contributed by atoms with Crippen molar-refractivity contribution < 1.29 is 19.1 Å². The van der Waals surface area contributed by atoms with Crippen molar-refractivity contribution >= 4 is 26.8 Å². The molecule has 0 fully saturated rings. The number of fused-ring (bicyclic) bond motifs is 3. The number of aromatic amines is 1. The predicted octanol–water partition coefficient (Wildman–Crippen LogP) is 2.83. The Balaban J connectivity index is 1.77. The number of nitrogens with one attached hydrogen (secondary N) is 2. The fourth-order valence-electron chi connectivity index (χ4n) is 4.30. The summed E-state index contributed by atoms with van der Waals surface area (Å²) in [4.78, 5) is 4.86. The third-order valence-corrected chi connectivity index (χ3v) is 6.00. The van der Waals surface area contributed by atoms with E-state index in [1.807, 2.05) is 0 Å². The molecule has 2 aromatic carbocycles. The number of likely N-dealkylation sites (N-methyl/N-ethyl adjacent to an activating group) is 1. The van der Waals surface area contributed by atoms with Crippen LogP contribution < -0.4 is 19.1 Å². The zero-order valence-corrected chi connectivity index (χ0v) is 16.3. The van der Waals surface area contributed by atoms with E-state index in [-0.39, 0.29) is 12.8 Å². The lowest BCUT2D eigenvalue weighted by Crippen LogP contribution is -3.10. The molecule has 2 aliphatic heterocycles. The number of halogens is 1. The number of aromatic nitrogens is 1. The number of hydrogen-bond acceptors (Lipinski definition) is 3. The van der Waals surface area contributed by atoms with Gasteiger partial charge in [-0.25, -0.2) is 0 Å². The number of ether oxygens (including phenoxy) is 3. The van der Waals surface area contributed by atoms with Crippen LogP contribution in [0, 0.1) is 0 Å². The molecule has 2 aliphatic rings. The van der Waals surface area contributed by atoms with E-state index in [1.54, 1.807) is 7.11 Å². The van der Waals surface area contributed by atoms with E-state index in [9.17, 15) is 0 Å². The summed E-state index contributed by atoms with van der Waals surface area (Å²) in [5.41, 5.74) is 4.91. The summed E-state index contributed by atoms with van der Waals surface area (Å²) in [7, 11) is 3.96. The number of H-pyrrole nitrogens is 1. The molecule has 26 heavy (non-hydrogen) atoms. The topological polar surface area (TPSA) is 47.9 Å². The highest BCUT2D eigenvalue weighted by Gasteiger charge is 2.38. The SMILES string of the molecule is COc1c2c(cc3c1[C@@H](c1c[nH]c4ccc(Br)cc14)[NH+](C)CC3)OCO2. The molecule has 2 atom stereocenters. The molecule has 0 saturated heterocycles. The van der Waals surface area contributed by atoms with E-state index in [0.717, 1.165) is 40.2 Å². The fourth-order valence-corrected chi connectivity index (χ4v) is 4.66. The zero-order chi connectivity index (χ0) is 17.8. The van der Waals surface area contributed by atoms with Crippen LogP contribution in [0.4, 0.5) is 0 Å². The van der Waals surface area contributed by atoms with E-state index in [1.165, 1.54) is 27.0 Å². The van der Waals surface area contributed by atoms with Crippen LogP contribution in [0.5, 0.6) is 17.2 Å². The van der Waals surface area contributed by atoms with Crippen LogP contribution in [-0.2, 0) is 6.42 Å². The summed E-state index contributed by atoms with van der Waals surface area (Å²) in [6.45, 7) is 1.31. The number of benzene rings is 2. The molecular weight excluding hydrogens is 396 g/mol. The second-order valence-corrected chi connectivity index (χ2v) is 7.85. The second kappa shape index (κ2) is 5.93. The normalized spacial score (nSPS) is 21.0. The van der Waals surface area contributed by atoms with Gasteiger partial charge in [-0.2, -0.15) is 0 Å². The average molecular weight is 416 g/mol. The first-order valence-electron chi connectivity index (χ1n) is 8.75. The molecule has 0 aliphatic carbocycles. The highest BCUT2D eigenvalue weighted by molar-refractivity contribution is 9.10. The standard InChI is InChI=1S/C20H19BrN2O3/c1-23-6-5-11-7-16-19(26-10-25-16)20(24-2)17(11)18(23)14-9-22-15-4-3-12(21)8-13(14)15/h3-4,7-9,18,22H,5-6,10H2,1-2H3/p+1/t18-/m1/s1. The molecule has 6 heteroatoms. The Labute approximate surface area is 160 Å². The quantitative estimate of drug-likeness (QED) is 0.676. The van der Waals surface area contributed by atoms with Crippen LogP contribution in [-0.4, -0.2) is 32.5 Å². The molecule has 1 aromatic heterocycles. The van der Waals surface area contributed by atoms with E-state index >= 15 is 0 Å². The van der Waals surface area contributed by atoms with Gasteiger partial charge in [0.1, 0.15) is 6.04 Å². The minimum absolute atomic E-state index is 0.172. The summed E-state index contributed by atoms with van der Waals surface area (Å²) in [5, 5.41) is 1.23. The number of rotatable bonds is 2. The van der Waals surface area contributed by atoms with Crippen molar-refractivity contribution in [2.24, 2.45) is 0 Å². The lowest BCUT2D eigenvalue weighted by Gasteiger charge is -2.33. The van der Waals surface area contributed by atoms with E-state index in [4.69, 9.17) is 14.2 Å². The average Bonchev–Trinajstić information content (AvgIpc) is 3.26. The lowest BCUT2D eigenvalue weighted by atomic mass is 9.87. The molecule has 1 unspecified atom stereocenters. The van der Waals surface area contributed by atoms with Gasteiger partial charge in [0.15, 0.2) is 11.5 Å². The molecule has 3 aromatic rings. The lowest BCUT2D eigenvalue weighted by molar-refractivity contribution is -0.908. The summed E-state index contributed by atoms with van der Waals surface area (Å²) < 4.78 is 18.3. The molecule has 0 spiro atoms. The summed E-state index contributed by atoms with van der Waals surface area (Å²) in [5.74, 6) is 2.33. The maximum absolute atomic E-state index is 5.83. The third-order valence-electron chi connectivity index (χ3n) is 5.50. The van der Waals surface area contributed by atoms with Crippen molar-refractivity contribution in [1.82, 2.24) is 4.98 Å². The number of quaternary nitrogens is 1. The van der Waals surface area contributed by atoms with Gasteiger partial charge in [-0.05, 0) is 29.8 Å². The fraction of sp³-hybridized carbons (Fsp3) is 0.300. The third kappa shape index (κ3) is 2.25. The monoisotopic (exact) mass is 415 g/mol. The van der Waals surface area contributed by atoms with Gasteiger partial charge >= 0.3 is 0 Å². The van der Waals surface area contributed by atoms with Crippen molar-refractivity contribution in [1.29, 1.82) is 0 Å². The number of hydrogen-bond donors (Lipinski definition) is 2.